The molecule has 6 nitrogen and oxygen atoms in total. The monoisotopic (exact) mass is 414 g/mol. The topological polar surface area (TPSA) is 83.7 Å². The van der Waals surface area contributed by atoms with Crippen LogP contribution in [0.2, 0.25) is 0 Å². The number of carbonyl (C=O) groups is 1. The predicted octanol–water partition coefficient (Wildman–Crippen LogP) is 5.17. The molecule has 0 aliphatic heterocycles. The highest BCUT2D eigenvalue weighted by atomic mass is 16.5. The summed E-state index contributed by atoms with van der Waals surface area (Å²) in [6.45, 7) is 0. The van der Waals surface area contributed by atoms with Crippen molar-refractivity contribution in [2.45, 2.75) is 18.8 Å². The van der Waals surface area contributed by atoms with Crippen LogP contribution in [0.1, 0.15) is 34.7 Å². The minimum absolute atomic E-state index is 0.375. The van der Waals surface area contributed by atoms with Gasteiger partial charge >= 0.3 is 0 Å². The Balaban J connectivity index is 1.62. The van der Waals surface area contributed by atoms with Gasteiger partial charge < -0.3 is 19.9 Å². The van der Waals surface area contributed by atoms with Crippen molar-refractivity contribution in [3.8, 4) is 23.0 Å². The van der Waals surface area contributed by atoms with Crippen LogP contribution in [0.4, 0.5) is 0 Å². The summed E-state index contributed by atoms with van der Waals surface area (Å²) in [5, 5.41) is 2.88. The molecule has 0 spiro atoms. The lowest BCUT2D eigenvalue weighted by Crippen LogP contribution is -2.13. The van der Waals surface area contributed by atoms with E-state index >= 15 is 0 Å². The van der Waals surface area contributed by atoms with Crippen molar-refractivity contribution in [3.05, 3.63) is 65.9 Å². The van der Waals surface area contributed by atoms with E-state index in [0.29, 0.717) is 34.5 Å². The van der Waals surface area contributed by atoms with Crippen LogP contribution in [0, 0.1) is 0 Å². The largest absolute Gasteiger partial charge is 0.493 e. The summed E-state index contributed by atoms with van der Waals surface area (Å²) in [6, 6.07) is 15.2. The van der Waals surface area contributed by atoms with E-state index in [2.05, 4.69) is 4.98 Å². The quantitative estimate of drug-likeness (QED) is 0.470. The zero-order valence-corrected chi connectivity index (χ0v) is 17.3. The van der Waals surface area contributed by atoms with Crippen LogP contribution < -0.4 is 19.9 Å². The maximum atomic E-state index is 12.0. The van der Waals surface area contributed by atoms with Gasteiger partial charge in [0.05, 0.1) is 19.7 Å². The van der Waals surface area contributed by atoms with Crippen LogP contribution in [0.15, 0.2) is 54.7 Å². The Labute approximate surface area is 179 Å². The highest BCUT2D eigenvalue weighted by molar-refractivity contribution is 6.01. The van der Waals surface area contributed by atoms with E-state index in [4.69, 9.17) is 19.9 Å². The normalized spacial score (nSPS) is 13.4. The minimum Gasteiger partial charge on any atom is -0.493 e. The van der Waals surface area contributed by atoms with Crippen molar-refractivity contribution < 1.29 is 19.0 Å². The molecular formula is C25H22N2O4. The summed E-state index contributed by atoms with van der Waals surface area (Å²) in [5.41, 5.74) is 8.01. The van der Waals surface area contributed by atoms with Crippen molar-refractivity contribution >= 4 is 27.6 Å². The lowest BCUT2D eigenvalue weighted by molar-refractivity contribution is 0.0999. The van der Waals surface area contributed by atoms with Crippen molar-refractivity contribution in [3.63, 3.8) is 0 Å². The van der Waals surface area contributed by atoms with E-state index in [0.717, 1.165) is 40.1 Å². The summed E-state index contributed by atoms with van der Waals surface area (Å²) in [4.78, 5) is 16.4. The number of aromatic nitrogens is 1. The molecule has 1 fully saturated rings. The number of carbonyl (C=O) groups excluding carboxylic acids is 1. The Morgan fingerprint density at radius 2 is 1.68 bits per heavy atom. The lowest BCUT2D eigenvalue weighted by atomic mass is 9.95. The third-order valence-corrected chi connectivity index (χ3v) is 5.72. The van der Waals surface area contributed by atoms with Crippen molar-refractivity contribution in [2.24, 2.45) is 5.73 Å². The second-order valence-corrected chi connectivity index (χ2v) is 7.68. The zero-order chi connectivity index (χ0) is 21.5. The van der Waals surface area contributed by atoms with E-state index in [1.807, 2.05) is 48.5 Å². The number of hydrogen-bond acceptors (Lipinski definition) is 5. The molecule has 1 heterocycles. The second-order valence-electron chi connectivity index (χ2n) is 7.68. The number of hydrogen-bond donors (Lipinski definition) is 1. The van der Waals surface area contributed by atoms with Gasteiger partial charge in [-0.3, -0.25) is 9.78 Å². The standard InChI is InChI=1S/C25H22N2O4/c1-29-22-12-19-20(13-23(22)30-2)27-10-9-21(19)31-16-7-5-14-6-8-17(25(26)28)24(15-3-4-15)18(14)11-16/h5-13,15H,3-4H2,1-2H3,(H2,26,28). The number of benzene rings is 3. The zero-order valence-electron chi connectivity index (χ0n) is 17.3. The molecule has 1 saturated carbocycles. The van der Waals surface area contributed by atoms with Gasteiger partial charge in [-0.15, -0.1) is 0 Å². The number of ether oxygens (including phenoxy) is 3. The van der Waals surface area contributed by atoms with Crippen LogP contribution in [0.3, 0.4) is 0 Å². The third-order valence-electron chi connectivity index (χ3n) is 5.72. The van der Waals surface area contributed by atoms with Gasteiger partial charge in [0.25, 0.3) is 0 Å². The molecule has 6 heteroatoms. The lowest BCUT2D eigenvalue weighted by Gasteiger charge is -2.14. The molecule has 5 rings (SSSR count). The molecule has 1 amide bonds. The molecule has 0 saturated heterocycles. The maximum Gasteiger partial charge on any atom is 0.249 e. The average Bonchev–Trinajstić information content (AvgIpc) is 3.62. The summed E-state index contributed by atoms with van der Waals surface area (Å²) >= 11 is 0. The molecular weight excluding hydrogens is 392 g/mol. The van der Waals surface area contributed by atoms with Crippen LogP contribution in [-0.4, -0.2) is 25.1 Å². The van der Waals surface area contributed by atoms with Gasteiger partial charge in [0.15, 0.2) is 11.5 Å². The van der Waals surface area contributed by atoms with E-state index < -0.39 is 5.91 Å². The molecule has 0 unspecified atom stereocenters. The molecule has 0 bridgehead atoms. The fourth-order valence-corrected chi connectivity index (χ4v) is 4.08. The Kier molecular flexibility index (Phi) is 4.62. The van der Waals surface area contributed by atoms with E-state index in [-0.39, 0.29) is 0 Å². The number of nitrogens with two attached hydrogens (primary N) is 1. The average molecular weight is 414 g/mol. The molecule has 1 aromatic heterocycles. The molecule has 0 atom stereocenters. The van der Waals surface area contributed by atoms with Gasteiger partial charge in [0.2, 0.25) is 5.91 Å². The molecule has 156 valence electrons. The van der Waals surface area contributed by atoms with Crippen molar-refractivity contribution in [1.29, 1.82) is 0 Å². The van der Waals surface area contributed by atoms with Crippen LogP contribution in [0.5, 0.6) is 23.0 Å². The number of pyridine rings is 1. The van der Waals surface area contributed by atoms with Gasteiger partial charge in [0.1, 0.15) is 11.5 Å². The van der Waals surface area contributed by atoms with E-state index in [1.165, 1.54) is 0 Å². The number of methoxy groups -OCH3 is 2. The SMILES string of the molecule is COc1cc2nccc(Oc3ccc4ccc(C(N)=O)c(C5CC5)c4c3)c2cc1OC. The molecule has 3 aromatic carbocycles. The van der Waals surface area contributed by atoms with Crippen molar-refractivity contribution in [2.75, 3.05) is 14.2 Å². The van der Waals surface area contributed by atoms with Crippen LogP contribution in [-0.2, 0) is 0 Å². The molecule has 31 heavy (non-hydrogen) atoms. The molecule has 1 aliphatic carbocycles. The van der Waals surface area contributed by atoms with Gasteiger partial charge in [-0.25, -0.2) is 0 Å². The smallest absolute Gasteiger partial charge is 0.249 e. The first-order chi connectivity index (χ1) is 15.1. The highest BCUT2D eigenvalue weighted by Gasteiger charge is 2.29. The number of rotatable bonds is 6. The van der Waals surface area contributed by atoms with E-state index in [9.17, 15) is 4.79 Å². The number of primary amides is 1. The number of amides is 1. The molecule has 2 N–H and O–H groups in total. The van der Waals surface area contributed by atoms with Gasteiger partial charge in [-0.1, -0.05) is 12.1 Å². The van der Waals surface area contributed by atoms with Gasteiger partial charge in [0, 0.05) is 23.2 Å². The Bertz CT molecular complexity index is 1330. The Hall–Kier alpha value is -3.80. The molecule has 0 radical (unpaired) electrons. The van der Waals surface area contributed by atoms with Crippen molar-refractivity contribution in [1.82, 2.24) is 4.98 Å². The fourth-order valence-electron chi connectivity index (χ4n) is 4.08. The van der Waals surface area contributed by atoms with Crippen LogP contribution >= 0.6 is 0 Å². The molecule has 1 aliphatic rings. The number of nitrogens with zero attached hydrogens (tertiary/aromatic N) is 1. The van der Waals surface area contributed by atoms with Crippen LogP contribution in [0.25, 0.3) is 21.7 Å². The first kappa shape index (κ1) is 19.2. The minimum atomic E-state index is -0.392. The number of fused-ring (bicyclic) bond motifs is 2. The highest BCUT2D eigenvalue weighted by Crippen LogP contribution is 2.46. The first-order valence-electron chi connectivity index (χ1n) is 10.1. The van der Waals surface area contributed by atoms with Gasteiger partial charge in [-0.2, -0.15) is 0 Å². The summed E-state index contributed by atoms with van der Waals surface area (Å²) in [6.07, 6.45) is 3.84. The summed E-state index contributed by atoms with van der Waals surface area (Å²) in [5.74, 6) is 2.53. The fraction of sp³-hybridized carbons (Fsp3) is 0.200. The van der Waals surface area contributed by atoms with Gasteiger partial charge in [-0.05, 0) is 65.4 Å². The molecule has 4 aromatic rings. The Morgan fingerprint density at radius 3 is 2.39 bits per heavy atom. The first-order valence-corrected chi connectivity index (χ1v) is 10.1. The second kappa shape index (κ2) is 7.47. The predicted molar refractivity (Wildman–Crippen MR) is 119 cm³/mol. The summed E-state index contributed by atoms with van der Waals surface area (Å²) < 4.78 is 17.1. The summed E-state index contributed by atoms with van der Waals surface area (Å²) in [7, 11) is 3.19. The maximum absolute atomic E-state index is 12.0. The third kappa shape index (κ3) is 3.40. The van der Waals surface area contributed by atoms with E-state index in [1.54, 1.807) is 20.4 Å². The Morgan fingerprint density at radius 1 is 0.935 bits per heavy atom.